The molecule has 1 heterocycles. The zero-order valence-corrected chi connectivity index (χ0v) is 12.9. The number of Topliss-reactive ketones (excluding diaryl/α,β-unsaturated/α-hetero) is 1. The van der Waals surface area contributed by atoms with Crippen LogP contribution in [-0.2, 0) is 16.0 Å². The van der Waals surface area contributed by atoms with Gasteiger partial charge < -0.3 is 10.1 Å². The van der Waals surface area contributed by atoms with E-state index in [9.17, 15) is 18.8 Å². The highest BCUT2D eigenvalue weighted by atomic mass is 19.1. The van der Waals surface area contributed by atoms with Crippen molar-refractivity contribution >= 4 is 23.3 Å². The highest BCUT2D eigenvalue weighted by Gasteiger charge is 2.20. The molecule has 1 amide bonds. The van der Waals surface area contributed by atoms with E-state index in [-0.39, 0.29) is 17.9 Å². The van der Waals surface area contributed by atoms with Crippen molar-refractivity contribution in [1.29, 1.82) is 0 Å². The Morgan fingerprint density at radius 2 is 1.92 bits per heavy atom. The zero-order valence-electron chi connectivity index (χ0n) is 12.9. The number of ether oxygens (including phenoxy) is 1. The van der Waals surface area contributed by atoms with Gasteiger partial charge in [0.2, 0.25) is 5.91 Å². The molecule has 0 aliphatic carbocycles. The summed E-state index contributed by atoms with van der Waals surface area (Å²) >= 11 is 0. The van der Waals surface area contributed by atoms with Crippen LogP contribution in [0.3, 0.4) is 0 Å². The Morgan fingerprint density at radius 1 is 1.17 bits per heavy atom. The molecule has 6 heteroatoms. The van der Waals surface area contributed by atoms with E-state index in [4.69, 9.17) is 4.74 Å². The Morgan fingerprint density at radius 3 is 2.67 bits per heavy atom. The van der Waals surface area contributed by atoms with Crippen LogP contribution in [0.4, 0.5) is 10.1 Å². The molecule has 1 aliphatic rings. The molecule has 0 spiro atoms. The smallest absolute Gasteiger partial charge is 0.338 e. The van der Waals surface area contributed by atoms with Gasteiger partial charge in [-0.05, 0) is 48.4 Å². The lowest BCUT2D eigenvalue weighted by Gasteiger charge is -2.06. The van der Waals surface area contributed by atoms with Crippen LogP contribution in [0.15, 0.2) is 36.4 Å². The van der Waals surface area contributed by atoms with Crippen molar-refractivity contribution in [3.63, 3.8) is 0 Å². The van der Waals surface area contributed by atoms with Crippen molar-refractivity contribution in [1.82, 2.24) is 0 Å². The molecule has 24 heavy (non-hydrogen) atoms. The number of benzene rings is 2. The molecule has 0 unspecified atom stereocenters. The van der Waals surface area contributed by atoms with E-state index in [1.807, 2.05) is 0 Å². The second-order valence-electron chi connectivity index (χ2n) is 5.56. The Kier molecular flexibility index (Phi) is 4.12. The van der Waals surface area contributed by atoms with Crippen molar-refractivity contribution in [3.8, 4) is 0 Å². The highest BCUT2D eigenvalue weighted by Crippen LogP contribution is 2.24. The largest absolute Gasteiger partial charge is 0.454 e. The van der Waals surface area contributed by atoms with Gasteiger partial charge in [0.25, 0.3) is 0 Å². The van der Waals surface area contributed by atoms with Crippen molar-refractivity contribution in [3.05, 3.63) is 64.5 Å². The first-order valence-corrected chi connectivity index (χ1v) is 7.33. The number of fused-ring (bicyclic) bond motifs is 1. The number of nitrogens with one attached hydrogen (secondary N) is 1. The molecule has 0 radical (unpaired) electrons. The summed E-state index contributed by atoms with van der Waals surface area (Å²) < 4.78 is 18.4. The molecule has 0 bridgehead atoms. The molecule has 122 valence electrons. The van der Waals surface area contributed by atoms with Crippen LogP contribution in [0.5, 0.6) is 0 Å². The fourth-order valence-electron chi connectivity index (χ4n) is 2.42. The van der Waals surface area contributed by atoms with E-state index in [1.54, 1.807) is 25.1 Å². The molecule has 3 rings (SSSR count). The zero-order chi connectivity index (χ0) is 17.3. The molecule has 0 saturated carbocycles. The van der Waals surface area contributed by atoms with Gasteiger partial charge in [-0.25, -0.2) is 9.18 Å². The molecular weight excluding hydrogens is 313 g/mol. The van der Waals surface area contributed by atoms with Crippen LogP contribution in [0, 0.1) is 12.7 Å². The molecule has 0 aromatic heterocycles. The molecule has 1 N–H and O–H groups in total. The summed E-state index contributed by atoms with van der Waals surface area (Å²) in [6, 6.07) is 8.80. The second-order valence-corrected chi connectivity index (χ2v) is 5.56. The lowest BCUT2D eigenvalue weighted by molar-refractivity contribution is -0.115. The van der Waals surface area contributed by atoms with Crippen molar-refractivity contribution in [2.24, 2.45) is 0 Å². The highest BCUT2D eigenvalue weighted by molar-refractivity contribution is 6.03. The van der Waals surface area contributed by atoms with Gasteiger partial charge in [0.05, 0.1) is 12.0 Å². The molecule has 0 atom stereocenters. The first-order valence-electron chi connectivity index (χ1n) is 7.33. The molecular formula is C18H14FNO4. The van der Waals surface area contributed by atoms with E-state index in [0.717, 1.165) is 11.6 Å². The van der Waals surface area contributed by atoms with Gasteiger partial charge in [-0.2, -0.15) is 0 Å². The number of carbonyl (C=O) groups is 3. The average molecular weight is 327 g/mol. The Hall–Kier alpha value is -3.02. The SMILES string of the molecule is Cc1ccc(C(=O)OCC(=O)c2ccc3c(c2)CC(=O)N3)cc1F. The molecule has 0 fully saturated rings. The number of hydrogen-bond acceptors (Lipinski definition) is 4. The number of carbonyl (C=O) groups excluding carboxylic acids is 3. The normalized spacial score (nSPS) is 12.5. The Labute approximate surface area is 137 Å². The number of halogens is 1. The van der Waals surface area contributed by atoms with Crippen molar-refractivity contribution in [2.45, 2.75) is 13.3 Å². The Bertz CT molecular complexity index is 860. The standard InChI is InChI=1S/C18H14FNO4/c1-10-2-3-12(7-14(10)19)18(23)24-9-16(21)11-4-5-15-13(6-11)8-17(22)20-15/h2-7H,8-9H2,1H3,(H,20,22). The van der Waals surface area contributed by atoms with Crippen LogP contribution in [0.25, 0.3) is 0 Å². The lowest BCUT2D eigenvalue weighted by Crippen LogP contribution is -2.14. The molecule has 5 nitrogen and oxygen atoms in total. The first kappa shape index (κ1) is 15.9. The second kappa shape index (κ2) is 6.23. The van der Waals surface area contributed by atoms with E-state index in [0.29, 0.717) is 16.8 Å². The fraction of sp³-hybridized carbons (Fsp3) is 0.167. The van der Waals surface area contributed by atoms with Crippen LogP contribution < -0.4 is 5.32 Å². The number of esters is 1. The van der Waals surface area contributed by atoms with E-state index in [2.05, 4.69) is 5.32 Å². The minimum Gasteiger partial charge on any atom is -0.454 e. The molecule has 1 aliphatic heterocycles. The monoisotopic (exact) mass is 327 g/mol. The fourth-order valence-corrected chi connectivity index (χ4v) is 2.42. The minimum atomic E-state index is -0.764. The summed E-state index contributed by atoms with van der Waals surface area (Å²) in [7, 11) is 0. The van der Waals surface area contributed by atoms with Crippen LogP contribution in [-0.4, -0.2) is 24.3 Å². The first-order chi connectivity index (χ1) is 11.4. The van der Waals surface area contributed by atoms with E-state index < -0.39 is 24.2 Å². The summed E-state index contributed by atoms with van der Waals surface area (Å²) in [4.78, 5) is 35.3. The number of ketones is 1. The molecule has 0 saturated heterocycles. The Balaban J connectivity index is 1.65. The van der Waals surface area contributed by atoms with Gasteiger partial charge in [0.15, 0.2) is 12.4 Å². The van der Waals surface area contributed by atoms with Crippen LogP contribution >= 0.6 is 0 Å². The van der Waals surface area contributed by atoms with Gasteiger partial charge in [-0.15, -0.1) is 0 Å². The number of rotatable bonds is 4. The predicted octanol–water partition coefficient (Wildman–Crippen LogP) is 2.67. The van der Waals surface area contributed by atoms with Crippen LogP contribution in [0.1, 0.15) is 31.8 Å². The summed E-state index contributed by atoms with van der Waals surface area (Å²) in [6.07, 6.45) is 0.221. The average Bonchev–Trinajstić information content (AvgIpc) is 2.93. The third-order valence-electron chi connectivity index (χ3n) is 3.79. The van der Waals surface area contributed by atoms with Gasteiger partial charge in [0.1, 0.15) is 5.82 Å². The van der Waals surface area contributed by atoms with Crippen molar-refractivity contribution in [2.75, 3.05) is 11.9 Å². The van der Waals surface area contributed by atoms with E-state index in [1.165, 1.54) is 12.1 Å². The predicted molar refractivity (Wildman–Crippen MR) is 84.5 cm³/mol. The maximum absolute atomic E-state index is 13.5. The number of hydrogen-bond donors (Lipinski definition) is 1. The van der Waals surface area contributed by atoms with Gasteiger partial charge >= 0.3 is 5.97 Å². The molecule has 2 aromatic rings. The molecule has 2 aromatic carbocycles. The summed E-state index contributed by atoms with van der Waals surface area (Å²) in [6.45, 7) is 1.13. The van der Waals surface area contributed by atoms with Gasteiger partial charge in [-0.3, -0.25) is 9.59 Å². The van der Waals surface area contributed by atoms with Gasteiger partial charge in [0, 0.05) is 11.3 Å². The number of aryl methyl sites for hydroxylation is 1. The van der Waals surface area contributed by atoms with Gasteiger partial charge in [-0.1, -0.05) is 6.07 Å². The third kappa shape index (κ3) is 3.17. The van der Waals surface area contributed by atoms with Crippen LogP contribution in [0.2, 0.25) is 0 Å². The topological polar surface area (TPSA) is 72.5 Å². The third-order valence-corrected chi connectivity index (χ3v) is 3.79. The lowest BCUT2D eigenvalue weighted by atomic mass is 10.1. The maximum atomic E-state index is 13.5. The number of amides is 1. The maximum Gasteiger partial charge on any atom is 0.338 e. The quantitative estimate of drug-likeness (QED) is 0.692. The van der Waals surface area contributed by atoms with E-state index >= 15 is 0 Å². The minimum absolute atomic E-state index is 0.0506. The summed E-state index contributed by atoms with van der Waals surface area (Å²) in [5.41, 5.74) is 2.24. The number of anilines is 1. The van der Waals surface area contributed by atoms with Crippen molar-refractivity contribution < 1.29 is 23.5 Å². The summed E-state index contributed by atoms with van der Waals surface area (Å²) in [5, 5.41) is 2.67. The summed E-state index contributed by atoms with van der Waals surface area (Å²) in [5.74, 6) is -1.78.